The first-order chi connectivity index (χ1) is 5.66. The van der Waals surface area contributed by atoms with Gasteiger partial charge in [0.2, 0.25) is 5.24 Å². The van der Waals surface area contributed by atoms with Gasteiger partial charge in [-0.2, -0.15) is 0 Å². The monoisotopic (exact) mass is 192 g/mol. The molecule has 0 heterocycles. The average Bonchev–Trinajstić information content (AvgIpc) is 1.97. The number of rotatable bonds is 6. The lowest BCUT2D eigenvalue weighted by molar-refractivity contribution is -0.145. The van der Waals surface area contributed by atoms with Gasteiger partial charge in [0.15, 0.2) is 0 Å². The van der Waals surface area contributed by atoms with Gasteiger partial charge in [0.05, 0.1) is 6.61 Å². The third-order valence-electron chi connectivity index (χ3n) is 1.29. The fourth-order valence-corrected chi connectivity index (χ4v) is 0.812. The Bertz CT molecular complexity index is 156. The Morgan fingerprint density at radius 3 is 2.50 bits per heavy atom. The number of hydrogen-bond acceptors (Lipinski definition) is 3. The van der Waals surface area contributed by atoms with E-state index in [9.17, 15) is 9.59 Å². The van der Waals surface area contributed by atoms with Gasteiger partial charge in [-0.1, -0.05) is 19.8 Å². The second kappa shape index (κ2) is 7.10. The summed E-state index contributed by atoms with van der Waals surface area (Å²) in [4.78, 5) is 20.9. The van der Waals surface area contributed by atoms with Crippen LogP contribution in [0.5, 0.6) is 0 Å². The molecule has 0 spiro atoms. The van der Waals surface area contributed by atoms with Crippen LogP contribution in [0.2, 0.25) is 0 Å². The molecular weight excluding hydrogens is 180 g/mol. The Morgan fingerprint density at radius 1 is 1.33 bits per heavy atom. The van der Waals surface area contributed by atoms with Crippen LogP contribution >= 0.6 is 11.6 Å². The summed E-state index contributed by atoms with van der Waals surface area (Å²) in [6.45, 7) is 2.45. The van der Waals surface area contributed by atoms with Gasteiger partial charge in [-0.25, -0.2) is 0 Å². The van der Waals surface area contributed by atoms with Gasteiger partial charge in [0.25, 0.3) is 0 Å². The maximum absolute atomic E-state index is 10.7. The van der Waals surface area contributed by atoms with Crippen molar-refractivity contribution in [2.24, 2.45) is 0 Å². The molecule has 0 aliphatic rings. The molecule has 0 radical (unpaired) electrons. The standard InChI is InChI=1S/C8H13ClO3/c1-2-3-4-5-12-8(11)6-7(9)10/h2-6H2,1H3. The van der Waals surface area contributed by atoms with E-state index in [-0.39, 0.29) is 6.42 Å². The van der Waals surface area contributed by atoms with Crippen molar-refractivity contribution in [1.29, 1.82) is 0 Å². The Labute approximate surface area is 77.0 Å². The number of carbonyl (C=O) groups is 2. The van der Waals surface area contributed by atoms with Crippen molar-refractivity contribution in [1.82, 2.24) is 0 Å². The van der Waals surface area contributed by atoms with Crippen molar-refractivity contribution < 1.29 is 14.3 Å². The maximum Gasteiger partial charge on any atom is 0.314 e. The summed E-state index contributed by atoms with van der Waals surface area (Å²) in [5, 5.41) is -0.671. The largest absolute Gasteiger partial charge is 0.465 e. The smallest absolute Gasteiger partial charge is 0.314 e. The van der Waals surface area contributed by atoms with Gasteiger partial charge in [0, 0.05) is 0 Å². The van der Waals surface area contributed by atoms with Gasteiger partial charge in [-0.15, -0.1) is 0 Å². The molecule has 0 aromatic rings. The first-order valence-corrected chi connectivity index (χ1v) is 4.38. The number of carbonyl (C=O) groups excluding carboxylic acids is 2. The molecule has 12 heavy (non-hydrogen) atoms. The zero-order valence-electron chi connectivity index (χ0n) is 7.14. The van der Waals surface area contributed by atoms with Gasteiger partial charge in [-0.05, 0) is 18.0 Å². The zero-order valence-corrected chi connectivity index (χ0v) is 7.89. The molecule has 0 aromatic heterocycles. The summed E-state index contributed by atoms with van der Waals surface area (Å²) in [5.74, 6) is -0.536. The van der Waals surface area contributed by atoms with Gasteiger partial charge < -0.3 is 4.74 Å². The molecule has 0 saturated heterocycles. The molecule has 0 saturated carbocycles. The van der Waals surface area contributed by atoms with Crippen molar-refractivity contribution in [2.45, 2.75) is 32.6 Å². The lowest BCUT2D eigenvalue weighted by atomic mass is 10.3. The van der Waals surface area contributed by atoms with E-state index in [1.807, 2.05) is 0 Å². The lowest BCUT2D eigenvalue weighted by Crippen LogP contribution is -2.08. The van der Waals surface area contributed by atoms with Gasteiger partial charge in [0.1, 0.15) is 6.42 Å². The van der Waals surface area contributed by atoms with Gasteiger partial charge >= 0.3 is 5.97 Å². The topological polar surface area (TPSA) is 43.4 Å². The number of unbranched alkanes of at least 4 members (excludes halogenated alkanes) is 2. The Morgan fingerprint density at radius 2 is 2.00 bits per heavy atom. The van der Waals surface area contributed by atoms with Crippen molar-refractivity contribution in [3.63, 3.8) is 0 Å². The summed E-state index contributed by atoms with van der Waals surface area (Å²) < 4.78 is 4.71. The van der Waals surface area contributed by atoms with Crippen LogP contribution in [0.3, 0.4) is 0 Å². The van der Waals surface area contributed by atoms with Crippen LogP contribution < -0.4 is 0 Å². The second-order valence-electron chi connectivity index (χ2n) is 2.46. The van der Waals surface area contributed by atoms with E-state index in [2.05, 4.69) is 6.92 Å². The minimum absolute atomic E-state index is 0.326. The molecule has 0 atom stereocenters. The highest BCUT2D eigenvalue weighted by Crippen LogP contribution is 1.97. The SMILES string of the molecule is CCCCCOC(=O)CC(=O)Cl. The third kappa shape index (κ3) is 7.54. The summed E-state index contributed by atoms with van der Waals surface area (Å²) in [7, 11) is 0. The third-order valence-corrected chi connectivity index (χ3v) is 1.43. The van der Waals surface area contributed by atoms with Crippen molar-refractivity contribution >= 4 is 22.8 Å². The molecule has 0 bridgehead atoms. The predicted molar refractivity (Wildman–Crippen MR) is 46.0 cm³/mol. The van der Waals surface area contributed by atoms with Crippen LogP contribution in [0.15, 0.2) is 0 Å². The highest BCUT2D eigenvalue weighted by molar-refractivity contribution is 6.64. The van der Waals surface area contributed by atoms with Crippen LogP contribution in [-0.4, -0.2) is 17.8 Å². The molecule has 0 unspecified atom stereocenters. The van der Waals surface area contributed by atoms with E-state index in [0.717, 1.165) is 19.3 Å². The first kappa shape index (κ1) is 11.4. The highest BCUT2D eigenvalue weighted by Gasteiger charge is 2.06. The Balaban J connectivity index is 3.26. The average molecular weight is 193 g/mol. The number of esters is 1. The lowest BCUT2D eigenvalue weighted by Gasteiger charge is -2.01. The molecule has 0 fully saturated rings. The van der Waals surface area contributed by atoms with Crippen molar-refractivity contribution in [2.75, 3.05) is 6.61 Å². The Kier molecular flexibility index (Phi) is 6.76. The minimum Gasteiger partial charge on any atom is -0.465 e. The van der Waals surface area contributed by atoms with E-state index >= 15 is 0 Å². The fourth-order valence-electron chi connectivity index (χ4n) is 0.703. The molecular formula is C8H13ClO3. The summed E-state index contributed by atoms with van der Waals surface area (Å²) in [6.07, 6.45) is 2.63. The van der Waals surface area contributed by atoms with E-state index in [4.69, 9.17) is 16.3 Å². The predicted octanol–water partition coefficient (Wildman–Crippen LogP) is 1.88. The van der Waals surface area contributed by atoms with E-state index < -0.39 is 11.2 Å². The van der Waals surface area contributed by atoms with Crippen LogP contribution in [0, 0.1) is 0 Å². The molecule has 0 amide bonds. The molecule has 0 N–H and O–H groups in total. The van der Waals surface area contributed by atoms with Crippen LogP contribution in [0.1, 0.15) is 32.6 Å². The van der Waals surface area contributed by atoms with Gasteiger partial charge in [-0.3, -0.25) is 9.59 Å². The molecule has 70 valence electrons. The Hall–Kier alpha value is -0.570. The minimum atomic E-state index is -0.671. The molecule has 0 aliphatic carbocycles. The van der Waals surface area contributed by atoms with Crippen LogP contribution in [0.25, 0.3) is 0 Å². The summed E-state index contributed by atoms with van der Waals surface area (Å²) in [6, 6.07) is 0. The second-order valence-corrected chi connectivity index (χ2v) is 2.88. The molecule has 4 heteroatoms. The molecule has 3 nitrogen and oxygen atoms in total. The summed E-state index contributed by atoms with van der Waals surface area (Å²) >= 11 is 4.97. The van der Waals surface area contributed by atoms with E-state index in [1.165, 1.54) is 0 Å². The summed E-state index contributed by atoms with van der Waals surface area (Å²) in [5.41, 5.74) is 0. The number of halogens is 1. The fraction of sp³-hybridized carbons (Fsp3) is 0.750. The maximum atomic E-state index is 10.7. The number of hydrogen-bond donors (Lipinski definition) is 0. The molecule has 0 aromatic carbocycles. The van der Waals surface area contributed by atoms with Crippen molar-refractivity contribution in [3.05, 3.63) is 0 Å². The molecule has 0 rings (SSSR count). The van der Waals surface area contributed by atoms with Crippen LogP contribution in [0.4, 0.5) is 0 Å². The van der Waals surface area contributed by atoms with E-state index in [0.29, 0.717) is 6.61 Å². The molecule has 0 aliphatic heterocycles. The quantitative estimate of drug-likeness (QED) is 0.279. The van der Waals surface area contributed by atoms with Crippen LogP contribution in [-0.2, 0) is 14.3 Å². The normalized spacial score (nSPS) is 9.50. The first-order valence-electron chi connectivity index (χ1n) is 4.00. The zero-order chi connectivity index (χ0) is 9.40. The highest BCUT2D eigenvalue weighted by atomic mass is 35.5. The van der Waals surface area contributed by atoms with E-state index in [1.54, 1.807) is 0 Å². The number of ether oxygens (including phenoxy) is 1. The van der Waals surface area contributed by atoms with Crippen molar-refractivity contribution in [3.8, 4) is 0 Å².